The predicted octanol–water partition coefficient (Wildman–Crippen LogP) is 8.06. The van der Waals surface area contributed by atoms with Crippen molar-refractivity contribution in [3.8, 4) is 34.4 Å². The van der Waals surface area contributed by atoms with Crippen LogP contribution < -0.4 is 14.2 Å². The number of hydrogen-bond acceptors (Lipinski definition) is 9. The van der Waals surface area contributed by atoms with Gasteiger partial charge < -0.3 is 29.3 Å². The fourth-order valence-electron chi connectivity index (χ4n) is 7.16. The molecule has 0 radical (unpaired) electrons. The molecule has 2 aliphatic rings. The number of carboxylic acids is 1. The van der Waals surface area contributed by atoms with Crippen LogP contribution in [0.4, 0.5) is 0 Å². The van der Waals surface area contributed by atoms with Gasteiger partial charge in [-0.25, -0.2) is 0 Å². The molecule has 4 aromatic rings. The molecular weight excluding hydrogens is 727 g/mol. The lowest BCUT2D eigenvalue weighted by molar-refractivity contribution is -0.144. The summed E-state index contributed by atoms with van der Waals surface area (Å²) < 4.78 is 19.0. The maximum atomic E-state index is 12.1. The SMILES string of the molecule is Cc1c(COc2cc(OCc3cncc(C#N)c3)c(CN3CCCC[C@H]3C(=O)O)cc2Cl)cccc1-c1cccc(O[C@H](C)CCN2CC[C@@H](O)C2)c1Cl. The predicted molar refractivity (Wildman–Crippen MR) is 208 cm³/mol. The summed E-state index contributed by atoms with van der Waals surface area (Å²) in [6, 6.07) is 18.6. The lowest BCUT2D eigenvalue weighted by atomic mass is 9.96. The van der Waals surface area contributed by atoms with Crippen LogP contribution in [0, 0.1) is 18.3 Å². The number of carbonyl (C=O) groups is 1. The Morgan fingerprint density at radius 2 is 1.78 bits per heavy atom. The first-order chi connectivity index (χ1) is 26.1. The van der Waals surface area contributed by atoms with Crippen LogP contribution in [0.25, 0.3) is 11.1 Å². The fourth-order valence-corrected chi connectivity index (χ4v) is 7.68. The number of aliphatic hydroxyl groups excluding tert-OH is 1. The molecular formula is C42H46Cl2N4O6. The second-order valence-electron chi connectivity index (χ2n) is 14.1. The van der Waals surface area contributed by atoms with E-state index in [9.17, 15) is 20.3 Å². The molecule has 0 unspecified atom stereocenters. The van der Waals surface area contributed by atoms with Gasteiger partial charge >= 0.3 is 5.97 Å². The monoisotopic (exact) mass is 772 g/mol. The van der Waals surface area contributed by atoms with Gasteiger partial charge in [-0.15, -0.1) is 0 Å². The van der Waals surface area contributed by atoms with E-state index in [0.717, 1.165) is 72.2 Å². The molecule has 10 nitrogen and oxygen atoms in total. The Balaban J connectivity index is 1.19. The van der Waals surface area contributed by atoms with Crippen LogP contribution in [0.15, 0.2) is 67.0 Å². The van der Waals surface area contributed by atoms with E-state index in [-0.39, 0.29) is 25.4 Å². The molecule has 1 aromatic heterocycles. The number of nitriles is 1. The van der Waals surface area contributed by atoms with Crippen LogP contribution in [-0.4, -0.2) is 75.4 Å². The maximum Gasteiger partial charge on any atom is 0.320 e. The number of benzene rings is 3. The van der Waals surface area contributed by atoms with E-state index < -0.39 is 12.0 Å². The molecule has 0 aliphatic carbocycles. The van der Waals surface area contributed by atoms with Crippen molar-refractivity contribution in [1.82, 2.24) is 14.8 Å². The van der Waals surface area contributed by atoms with Crippen molar-refractivity contribution in [2.24, 2.45) is 0 Å². The first kappa shape index (κ1) is 39.3. The average Bonchev–Trinajstić information content (AvgIpc) is 3.59. The maximum absolute atomic E-state index is 12.1. The number of aliphatic carboxylic acids is 1. The number of nitrogens with zero attached hydrogens (tertiary/aromatic N) is 4. The molecule has 0 spiro atoms. The molecule has 0 amide bonds. The summed E-state index contributed by atoms with van der Waals surface area (Å²) in [5.74, 6) is 0.708. The van der Waals surface area contributed by atoms with Gasteiger partial charge in [-0.2, -0.15) is 5.26 Å². The minimum Gasteiger partial charge on any atom is -0.489 e. The van der Waals surface area contributed by atoms with E-state index in [2.05, 4.69) is 16.0 Å². The number of pyridine rings is 1. The number of halogens is 2. The molecule has 2 aliphatic heterocycles. The van der Waals surface area contributed by atoms with Gasteiger partial charge in [-0.05, 0) is 81.0 Å². The first-order valence-corrected chi connectivity index (χ1v) is 19.2. The van der Waals surface area contributed by atoms with Crippen molar-refractivity contribution in [2.45, 2.75) is 84.0 Å². The third kappa shape index (κ3) is 9.83. The molecule has 6 rings (SSSR count). The zero-order chi connectivity index (χ0) is 38.2. The van der Waals surface area contributed by atoms with Crippen LogP contribution in [0.1, 0.15) is 66.8 Å². The zero-order valence-corrected chi connectivity index (χ0v) is 32.2. The van der Waals surface area contributed by atoms with Crippen molar-refractivity contribution < 1.29 is 29.2 Å². The molecule has 3 heterocycles. The molecule has 2 N–H and O–H groups in total. The van der Waals surface area contributed by atoms with Crippen LogP contribution in [0.3, 0.4) is 0 Å². The van der Waals surface area contributed by atoms with E-state index in [0.29, 0.717) is 58.9 Å². The highest BCUT2D eigenvalue weighted by molar-refractivity contribution is 6.35. The second-order valence-corrected chi connectivity index (χ2v) is 14.9. The summed E-state index contributed by atoms with van der Waals surface area (Å²) in [7, 11) is 0. The standard InChI is InChI=1S/C42H46Cl2N4O6/c1-27(12-15-47-16-13-33(49)24-47)54-38-11-6-9-35(41(38)44)34-8-5-7-31(28(34)2)26-53-40-19-39(52-25-30-17-29(20-45)21-46-22-30)32(18-36(40)43)23-48-14-4-3-10-37(48)42(50)51/h5-9,11,17-19,21-22,27,33,37,49H,3-4,10,12-16,23-26H2,1-2H3,(H,50,51)/t27-,33-,37+/m1/s1. The number of aromatic nitrogens is 1. The second kappa shape index (κ2) is 18.3. The first-order valence-electron chi connectivity index (χ1n) is 18.4. The minimum absolute atomic E-state index is 0.0563. The summed E-state index contributed by atoms with van der Waals surface area (Å²) in [5, 5.41) is 30.0. The lowest BCUT2D eigenvalue weighted by Gasteiger charge is -2.33. The highest BCUT2D eigenvalue weighted by Gasteiger charge is 2.29. The van der Waals surface area contributed by atoms with Crippen LogP contribution in [0.2, 0.25) is 10.0 Å². The topological polar surface area (TPSA) is 128 Å². The van der Waals surface area contributed by atoms with E-state index in [1.54, 1.807) is 24.4 Å². The summed E-state index contributed by atoms with van der Waals surface area (Å²) >= 11 is 13.8. The Bertz CT molecular complexity index is 1990. The van der Waals surface area contributed by atoms with Gasteiger partial charge in [0.1, 0.15) is 42.6 Å². The fraction of sp³-hybridized carbons (Fsp3) is 0.405. The number of ether oxygens (including phenoxy) is 3. The van der Waals surface area contributed by atoms with Gasteiger partial charge in [0, 0.05) is 61.3 Å². The lowest BCUT2D eigenvalue weighted by Crippen LogP contribution is -2.44. The summed E-state index contributed by atoms with van der Waals surface area (Å²) in [6.45, 7) is 7.89. The van der Waals surface area contributed by atoms with Crippen molar-refractivity contribution in [3.05, 3.63) is 105 Å². The van der Waals surface area contributed by atoms with Gasteiger partial charge in [0.15, 0.2) is 0 Å². The van der Waals surface area contributed by atoms with Crippen molar-refractivity contribution in [1.29, 1.82) is 5.26 Å². The highest BCUT2D eigenvalue weighted by Crippen LogP contribution is 2.39. The smallest absolute Gasteiger partial charge is 0.320 e. The van der Waals surface area contributed by atoms with E-state index in [1.807, 2.05) is 55.1 Å². The van der Waals surface area contributed by atoms with Crippen molar-refractivity contribution in [2.75, 3.05) is 26.2 Å². The summed E-state index contributed by atoms with van der Waals surface area (Å²) in [6.07, 6.45) is 6.83. The molecule has 284 valence electrons. The van der Waals surface area contributed by atoms with Gasteiger partial charge in [-0.3, -0.25) is 14.7 Å². The van der Waals surface area contributed by atoms with Crippen molar-refractivity contribution in [3.63, 3.8) is 0 Å². The zero-order valence-electron chi connectivity index (χ0n) is 30.6. The van der Waals surface area contributed by atoms with E-state index >= 15 is 0 Å². The number of rotatable bonds is 15. The van der Waals surface area contributed by atoms with Gasteiger partial charge in [-0.1, -0.05) is 60.0 Å². The summed E-state index contributed by atoms with van der Waals surface area (Å²) in [5.41, 5.74) is 5.64. The Kier molecular flexibility index (Phi) is 13.3. The third-order valence-corrected chi connectivity index (χ3v) is 10.9. The summed E-state index contributed by atoms with van der Waals surface area (Å²) in [4.78, 5) is 20.4. The molecule has 0 saturated carbocycles. The Morgan fingerprint density at radius 1 is 0.981 bits per heavy atom. The van der Waals surface area contributed by atoms with E-state index in [4.69, 9.17) is 37.4 Å². The van der Waals surface area contributed by atoms with Crippen LogP contribution in [0.5, 0.6) is 17.2 Å². The number of likely N-dealkylation sites (tertiary alicyclic amines) is 2. The van der Waals surface area contributed by atoms with Crippen molar-refractivity contribution >= 4 is 29.2 Å². The average molecular weight is 774 g/mol. The molecule has 3 atom stereocenters. The van der Waals surface area contributed by atoms with Crippen LogP contribution >= 0.6 is 23.2 Å². The number of carboxylic acid groups (broad SMARTS) is 1. The minimum atomic E-state index is -0.842. The van der Waals surface area contributed by atoms with E-state index in [1.165, 1.54) is 6.20 Å². The van der Waals surface area contributed by atoms with Gasteiger partial charge in [0.2, 0.25) is 0 Å². The highest BCUT2D eigenvalue weighted by atomic mass is 35.5. The normalized spacial score (nSPS) is 18.2. The largest absolute Gasteiger partial charge is 0.489 e. The molecule has 54 heavy (non-hydrogen) atoms. The number of aliphatic hydroxyl groups is 1. The Morgan fingerprint density at radius 3 is 2.56 bits per heavy atom. The quantitative estimate of drug-likeness (QED) is 0.123. The number of β-amino-alcohol motifs (C(OH)–C–C–N with tert-alkyl or cyclic N) is 1. The molecule has 0 bridgehead atoms. The van der Waals surface area contributed by atoms with Crippen LogP contribution in [-0.2, 0) is 24.6 Å². The number of piperidine rings is 1. The Labute approximate surface area is 326 Å². The number of hydrogen-bond donors (Lipinski definition) is 2. The Hall–Kier alpha value is -4.37. The van der Waals surface area contributed by atoms with Gasteiger partial charge in [0.05, 0.1) is 27.8 Å². The molecule has 2 fully saturated rings. The molecule has 3 aromatic carbocycles. The third-order valence-electron chi connectivity index (χ3n) is 10.2. The molecule has 12 heteroatoms. The molecule has 2 saturated heterocycles. The van der Waals surface area contributed by atoms with Gasteiger partial charge in [0.25, 0.3) is 0 Å².